The van der Waals surface area contributed by atoms with Gasteiger partial charge in [0.1, 0.15) is 11.5 Å². The van der Waals surface area contributed by atoms with E-state index in [0.29, 0.717) is 26.0 Å². The SMILES string of the molecule is COc1ccc(OCCCC(=O)NCC(C)(C)CN(C)C)cc1. The maximum absolute atomic E-state index is 11.9. The number of hydrogen-bond acceptors (Lipinski definition) is 4. The maximum atomic E-state index is 11.9. The molecule has 5 nitrogen and oxygen atoms in total. The topological polar surface area (TPSA) is 50.8 Å². The highest BCUT2D eigenvalue weighted by molar-refractivity contribution is 5.75. The molecule has 1 N–H and O–H groups in total. The van der Waals surface area contributed by atoms with E-state index in [1.54, 1.807) is 7.11 Å². The zero-order valence-corrected chi connectivity index (χ0v) is 15.0. The van der Waals surface area contributed by atoms with Crippen LogP contribution < -0.4 is 14.8 Å². The molecule has 0 aliphatic carbocycles. The van der Waals surface area contributed by atoms with Gasteiger partial charge in [0.2, 0.25) is 5.91 Å². The fourth-order valence-corrected chi connectivity index (χ4v) is 2.43. The maximum Gasteiger partial charge on any atom is 0.220 e. The molecule has 0 aliphatic rings. The molecule has 1 aromatic rings. The first-order valence-electron chi connectivity index (χ1n) is 8.01. The molecule has 130 valence electrons. The number of rotatable bonds is 10. The molecule has 0 spiro atoms. The normalized spacial score (nSPS) is 11.4. The van der Waals surface area contributed by atoms with E-state index in [1.165, 1.54) is 0 Å². The van der Waals surface area contributed by atoms with Gasteiger partial charge in [0.15, 0.2) is 0 Å². The van der Waals surface area contributed by atoms with Crippen LogP contribution in [0.4, 0.5) is 0 Å². The number of ether oxygens (including phenoxy) is 2. The Labute approximate surface area is 140 Å². The van der Waals surface area contributed by atoms with E-state index in [9.17, 15) is 4.79 Å². The van der Waals surface area contributed by atoms with Crippen molar-refractivity contribution in [3.63, 3.8) is 0 Å². The highest BCUT2D eigenvalue weighted by Gasteiger charge is 2.19. The van der Waals surface area contributed by atoms with E-state index in [1.807, 2.05) is 38.4 Å². The lowest BCUT2D eigenvalue weighted by Gasteiger charge is -2.28. The largest absolute Gasteiger partial charge is 0.497 e. The van der Waals surface area contributed by atoms with Gasteiger partial charge in [-0.05, 0) is 50.2 Å². The highest BCUT2D eigenvalue weighted by Crippen LogP contribution is 2.17. The molecule has 23 heavy (non-hydrogen) atoms. The summed E-state index contributed by atoms with van der Waals surface area (Å²) in [5.41, 5.74) is 0.0682. The monoisotopic (exact) mass is 322 g/mol. The summed E-state index contributed by atoms with van der Waals surface area (Å²) in [7, 11) is 5.72. The molecule has 1 rings (SSSR count). The van der Waals surface area contributed by atoms with Gasteiger partial charge in [0, 0.05) is 19.5 Å². The van der Waals surface area contributed by atoms with Crippen molar-refractivity contribution in [1.29, 1.82) is 0 Å². The van der Waals surface area contributed by atoms with Crippen LogP contribution in [0.3, 0.4) is 0 Å². The predicted octanol–water partition coefficient (Wildman–Crippen LogP) is 2.56. The molecular formula is C18H30N2O3. The van der Waals surface area contributed by atoms with Crippen LogP contribution in [0.15, 0.2) is 24.3 Å². The summed E-state index contributed by atoms with van der Waals surface area (Å²) in [4.78, 5) is 14.0. The van der Waals surface area contributed by atoms with Gasteiger partial charge in [-0.2, -0.15) is 0 Å². The van der Waals surface area contributed by atoms with Gasteiger partial charge < -0.3 is 19.7 Å². The quantitative estimate of drug-likeness (QED) is 0.673. The zero-order valence-electron chi connectivity index (χ0n) is 15.0. The molecule has 0 aliphatic heterocycles. The molecule has 0 heterocycles. The van der Waals surface area contributed by atoms with Crippen molar-refractivity contribution in [1.82, 2.24) is 10.2 Å². The van der Waals surface area contributed by atoms with Crippen LogP contribution in [0.1, 0.15) is 26.7 Å². The Kier molecular flexibility index (Phi) is 7.89. The minimum absolute atomic E-state index is 0.0682. The molecule has 0 bridgehead atoms. The summed E-state index contributed by atoms with van der Waals surface area (Å²) in [6.07, 6.45) is 1.18. The summed E-state index contributed by atoms with van der Waals surface area (Å²) in [6.45, 7) is 6.46. The van der Waals surface area contributed by atoms with Gasteiger partial charge in [0.05, 0.1) is 13.7 Å². The Balaban J connectivity index is 2.18. The third kappa shape index (κ3) is 8.45. The first-order chi connectivity index (χ1) is 10.8. The van der Waals surface area contributed by atoms with Crippen LogP contribution >= 0.6 is 0 Å². The molecule has 5 heteroatoms. The number of nitrogens with one attached hydrogen (secondary N) is 1. The molecule has 0 fully saturated rings. The number of carbonyl (C=O) groups is 1. The minimum atomic E-state index is 0.0682. The number of hydrogen-bond donors (Lipinski definition) is 1. The molecule has 0 saturated carbocycles. The van der Waals surface area contributed by atoms with E-state index < -0.39 is 0 Å². The van der Waals surface area contributed by atoms with Crippen molar-refractivity contribution in [3.8, 4) is 11.5 Å². The van der Waals surface area contributed by atoms with E-state index in [-0.39, 0.29) is 11.3 Å². The fourth-order valence-electron chi connectivity index (χ4n) is 2.43. The number of methoxy groups -OCH3 is 1. The van der Waals surface area contributed by atoms with Gasteiger partial charge in [-0.15, -0.1) is 0 Å². The molecule has 0 unspecified atom stereocenters. The van der Waals surface area contributed by atoms with Crippen molar-refractivity contribution in [2.24, 2.45) is 5.41 Å². The van der Waals surface area contributed by atoms with Crippen molar-refractivity contribution in [2.75, 3.05) is 40.9 Å². The number of carbonyl (C=O) groups excluding carboxylic acids is 1. The molecule has 0 atom stereocenters. The third-order valence-electron chi connectivity index (χ3n) is 3.38. The second-order valence-corrected chi connectivity index (χ2v) is 6.81. The molecular weight excluding hydrogens is 292 g/mol. The zero-order chi connectivity index (χ0) is 17.3. The lowest BCUT2D eigenvalue weighted by atomic mass is 9.93. The van der Waals surface area contributed by atoms with Crippen LogP contribution in [0.5, 0.6) is 11.5 Å². The van der Waals surface area contributed by atoms with E-state index in [0.717, 1.165) is 18.0 Å². The Morgan fingerprint density at radius 3 is 2.35 bits per heavy atom. The van der Waals surface area contributed by atoms with Gasteiger partial charge in [0.25, 0.3) is 0 Å². The highest BCUT2D eigenvalue weighted by atomic mass is 16.5. The van der Waals surface area contributed by atoms with Crippen molar-refractivity contribution >= 4 is 5.91 Å². The molecule has 1 amide bonds. The van der Waals surface area contributed by atoms with Crippen molar-refractivity contribution in [2.45, 2.75) is 26.7 Å². The van der Waals surface area contributed by atoms with E-state index in [2.05, 4.69) is 24.1 Å². The first kappa shape index (κ1) is 19.3. The Bertz CT molecular complexity index is 470. The van der Waals surface area contributed by atoms with E-state index >= 15 is 0 Å². The summed E-state index contributed by atoms with van der Waals surface area (Å²) < 4.78 is 10.7. The minimum Gasteiger partial charge on any atom is -0.497 e. The molecule has 0 aromatic heterocycles. The smallest absolute Gasteiger partial charge is 0.220 e. The van der Waals surface area contributed by atoms with E-state index in [4.69, 9.17) is 9.47 Å². The van der Waals surface area contributed by atoms with Gasteiger partial charge in [-0.1, -0.05) is 13.8 Å². The number of amides is 1. The van der Waals surface area contributed by atoms with Crippen LogP contribution in [0, 0.1) is 5.41 Å². The predicted molar refractivity (Wildman–Crippen MR) is 93.1 cm³/mol. The van der Waals surface area contributed by atoms with Gasteiger partial charge >= 0.3 is 0 Å². The number of nitrogens with zero attached hydrogens (tertiary/aromatic N) is 1. The fraction of sp³-hybridized carbons (Fsp3) is 0.611. The number of benzene rings is 1. The summed E-state index contributed by atoms with van der Waals surface area (Å²) in [5.74, 6) is 1.67. The lowest BCUT2D eigenvalue weighted by Crippen LogP contribution is -2.39. The average Bonchev–Trinajstić information content (AvgIpc) is 2.49. The molecule has 0 saturated heterocycles. The van der Waals surface area contributed by atoms with Gasteiger partial charge in [-0.25, -0.2) is 0 Å². The van der Waals surface area contributed by atoms with Crippen LogP contribution in [0.25, 0.3) is 0 Å². The summed E-state index contributed by atoms with van der Waals surface area (Å²) >= 11 is 0. The Morgan fingerprint density at radius 1 is 1.17 bits per heavy atom. The van der Waals surface area contributed by atoms with Gasteiger partial charge in [-0.3, -0.25) is 4.79 Å². The molecule has 1 aromatic carbocycles. The second-order valence-electron chi connectivity index (χ2n) is 6.81. The summed E-state index contributed by atoms with van der Waals surface area (Å²) in [5, 5.41) is 3.00. The second kappa shape index (κ2) is 9.40. The molecule has 0 radical (unpaired) electrons. The third-order valence-corrected chi connectivity index (χ3v) is 3.38. The lowest BCUT2D eigenvalue weighted by molar-refractivity contribution is -0.121. The van der Waals surface area contributed by atoms with Crippen LogP contribution in [-0.2, 0) is 4.79 Å². The Morgan fingerprint density at radius 2 is 1.78 bits per heavy atom. The van der Waals surface area contributed by atoms with Crippen LogP contribution in [-0.4, -0.2) is 51.7 Å². The summed E-state index contributed by atoms with van der Waals surface area (Å²) in [6, 6.07) is 7.44. The Hall–Kier alpha value is -1.75. The van der Waals surface area contributed by atoms with Crippen molar-refractivity contribution < 1.29 is 14.3 Å². The average molecular weight is 322 g/mol. The van der Waals surface area contributed by atoms with Crippen LogP contribution in [0.2, 0.25) is 0 Å². The van der Waals surface area contributed by atoms with Crippen molar-refractivity contribution in [3.05, 3.63) is 24.3 Å². The standard InChI is InChI=1S/C18H30N2O3/c1-18(2,14-20(3)4)13-19-17(21)7-6-12-23-16-10-8-15(22-5)9-11-16/h8-11H,6-7,12-14H2,1-5H3,(H,19,21). The first-order valence-corrected chi connectivity index (χ1v) is 8.01.